The predicted molar refractivity (Wildman–Crippen MR) is 106 cm³/mol. The minimum absolute atomic E-state index is 0.156. The molecule has 1 aromatic heterocycles. The smallest absolute Gasteiger partial charge is 0.277 e. The van der Waals surface area contributed by atoms with Crippen LogP contribution in [0.3, 0.4) is 0 Å². The fourth-order valence-corrected chi connectivity index (χ4v) is 5.02. The molecule has 2 aromatic rings. The quantitative estimate of drug-likeness (QED) is 0.681. The summed E-state index contributed by atoms with van der Waals surface area (Å²) in [4.78, 5) is 15.2. The van der Waals surface area contributed by atoms with Crippen LogP contribution in [0.4, 0.5) is 0 Å². The summed E-state index contributed by atoms with van der Waals surface area (Å²) in [6.07, 6.45) is 9.40. The molecule has 0 N–H and O–H groups in total. The molecule has 1 aromatic carbocycles. The number of amides is 1. The van der Waals surface area contributed by atoms with Crippen molar-refractivity contribution >= 4 is 17.7 Å². The fourth-order valence-electron chi connectivity index (χ4n) is 4.05. The summed E-state index contributed by atoms with van der Waals surface area (Å²) >= 11 is 1.40. The van der Waals surface area contributed by atoms with Gasteiger partial charge in [-0.1, -0.05) is 49.6 Å². The van der Waals surface area contributed by atoms with Crippen LogP contribution in [0.1, 0.15) is 74.0 Å². The van der Waals surface area contributed by atoms with E-state index < -0.39 is 0 Å². The highest BCUT2D eigenvalue weighted by atomic mass is 32.2. The Labute approximate surface area is 164 Å². The number of carbonyl (C=O) groups is 1. The van der Waals surface area contributed by atoms with E-state index in [0.29, 0.717) is 11.1 Å². The number of piperidine rings is 1. The summed E-state index contributed by atoms with van der Waals surface area (Å²) in [5.41, 5.74) is 0.996. The van der Waals surface area contributed by atoms with Gasteiger partial charge >= 0.3 is 0 Å². The maximum Gasteiger partial charge on any atom is 0.277 e. The van der Waals surface area contributed by atoms with Gasteiger partial charge in [0.1, 0.15) is 5.25 Å². The van der Waals surface area contributed by atoms with E-state index in [2.05, 4.69) is 10.2 Å². The maximum absolute atomic E-state index is 13.2. The minimum atomic E-state index is -0.330. The second kappa shape index (κ2) is 8.91. The molecule has 1 amide bonds. The lowest BCUT2D eigenvalue weighted by molar-refractivity contribution is -0.131. The molecule has 1 saturated heterocycles. The van der Waals surface area contributed by atoms with E-state index in [9.17, 15) is 4.79 Å². The van der Waals surface area contributed by atoms with Gasteiger partial charge in [0.25, 0.3) is 5.22 Å². The Hall–Kier alpha value is -1.82. The van der Waals surface area contributed by atoms with Gasteiger partial charge in [0.05, 0.1) is 0 Å². The van der Waals surface area contributed by atoms with E-state index in [0.717, 1.165) is 50.2 Å². The molecule has 1 aliphatic carbocycles. The van der Waals surface area contributed by atoms with Gasteiger partial charge in [-0.3, -0.25) is 4.79 Å². The number of benzene rings is 1. The molecular weight excluding hydrogens is 358 g/mol. The normalized spacial score (nSPS) is 19.8. The number of likely N-dealkylation sites (tertiary alicyclic amines) is 1. The van der Waals surface area contributed by atoms with E-state index in [1.54, 1.807) is 0 Å². The standard InChI is InChI=1S/C21H27N3O2S/c25-20(24-14-8-3-9-15-24)18(16-10-4-1-5-11-16)27-21-23-22-19(26-21)17-12-6-2-7-13-17/h1,4-5,10-11,17-18H,2-3,6-9,12-15H2. The molecule has 2 heterocycles. The molecule has 4 rings (SSSR count). The summed E-state index contributed by atoms with van der Waals surface area (Å²) in [6.45, 7) is 1.69. The van der Waals surface area contributed by atoms with E-state index in [1.165, 1.54) is 37.4 Å². The topological polar surface area (TPSA) is 59.2 Å². The first kappa shape index (κ1) is 18.5. The highest BCUT2D eigenvalue weighted by molar-refractivity contribution is 8.00. The molecule has 5 nitrogen and oxygen atoms in total. The van der Waals surface area contributed by atoms with Crippen LogP contribution < -0.4 is 0 Å². The van der Waals surface area contributed by atoms with Crippen LogP contribution in [-0.4, -0.2) is 34.1 Å². The molecular formula is C21H27N3O2S. The summed E-state index contributed by atoms with van der Waals surface area (Å²) in [5.74, 6) is 1.28. The largest absolute Gasteiger partial charge is 0.416 e. The van der Waals surface area contributed by atoms with Crippen molar-refractivity contribution in [2.75, 3.05) is 13.1 Å². The van der Waals surface area contributed by atoms with Gasteiger partial charge in [-0.2, -0.15) is 0 Å². The molecule has 0 bridgehead atoms. The second-order valence-electron chi connectivity index (χ2n) is 7.54. The first-order valence-electron chi connectivity index (χ1n) is 10.1. The Morgan fingerprint density at radius 1 is 1.00 bits per heavy atom. The van der Waals surface area contributed by atoms with Crippen molar-refractivity contribution in [3.63, 3.8) is 0 Å². The molecule has 6 heteroatoms. The van der Waals surface area contributed by atoms with Crippen molar-refractivity contribution in [2.24, 2.45) is 0 Å². The van der Waals surface area contributed by atoms with E-state index >= 15 is 0 Å². The Morgan fingerprint density at radius 2 is 1.70 bits per heavy atom. The maximum atomic E-state index is 13.2. The van der Waals surface area contributed by atoms with Crippen LogP contribution >= 0.6 is 11.8 Å². The number of carbonyl (C=O) groups excluding carboxylic acids is 1. The van der Waals surface area contributed by atoms with Gasteiger partial charge in [0.15, 0.2) is 0 Å². The van der Waals surface area contributed by atoms with Crippen LogP contribution in [0, 0.1) is 0 Å². The first-order valence-corrected chi connectivity index (χ1v) is 11.0. The number of thioether (sulfide) groups is 1. The van der Waals surface area contributed by atoms with Crippen LogP contribution in [-0.2, 0) is 4.79 Å². The van der Waals surface area contributed by atoms with Crippen molar-refractivity contribution in [3.05, 3.63) is 41.8 Å². The monoisotopic (exact) mass is 385 g/mol. The highest BCUT2D eigenvalue weighted by Gasteiger charge is 2.30. The number of nitrogens with zero attached hydrogens (tertiary/aromatic N) is 3. The summed E-state index contributed by atoms with van der Waals surface area (Å²) in [5, 5.41) is 8.74. The predicted octanol–water partition coefficient (Wildman–Crippen LogP) is 4.96. The number of hydrogen-bond donors (Lipinski definition) is 0. The zero-order valence-corrected chi connectivity index (χ0v) is 16.5. The summed E-state index contributed by atoms with van der Waals surface area (Å²) < 4.78 is 5.98. The fraction of sp³-hybridized carbons (Fsp3) is 0.571. The lowest BCUT2D eigenvalue weighted by atomic mass is 9.89. The highest BCUT2D eigenvalue weighted by Crippen LogP contribution is 2.39. The van der Waals surface area contributed by atoms with Gasteiger partial charge < -0.3 is 9.32 Å². The zero-order valence-electron chi connectivity index (χ0n) is 15.7. The van der Waals surface area contributed by atoms with Gasteiger partial charge in [-0.05, 0) is 49.4 Å². The van der Waals surface area contributed by atoms with Crippen LogP contribution in [0.25, 0.3) is 0 Å². The van der Waals surface area contributed by atoms with Crippen molar-refractivity contribution in [1.82, 2.24) is 15.1 Å². The van der Waals surface area contributed by atoms with Crippen molar-refractivity contribution in [3.8, 4) is 0 Å². The molecule has 0 spiro atoms. The Kier molecular flexibility index (Phi) is 6.12. The Bertz CT molecular complexity index is 737. The number of aromatic nitrogens is 2. The molecule has 1 saturated carbocycles. The molecule has 1 atom stereocenters. The molecule has 144 valence electrons. The Morgan fingerprint density at radius 3 is 2.44 bits per heavy atom. The number of rotatable bonds is 5. The van der Waals surface area contributed by atoms with Gasteiger partial charge in [0, 0.05) is 19.0 Å². The average molecular weight is 386 g/mol. The van der Waals surface area contributed by atoms with Gasteiger partial charge in [-0.15, -0.1) is 10.2 Å². The first-order chi connectivity index (χ1) is 13.3. The summed E-state index contributed by atoms with van der Waals surface area (Å²) in [6, 6.07) is 9.96. The lowest BCUT2D eigenvalue weighted by Gasteiger charge is -2.29. The lowest BCUT2D eigenvalue weighted by Crippen LogP contribution is -2.38. The van der Waals surface area contributed by atoms with Crippen LogP contribution in [0.2, 0.25) is 0 Å². The van der Waals surface area contributed by atoms with Crippen molar-refractivity contribution < 1.29 is 9.21 Å². The third kappa shape index (κ3) is 4.54. The zero-order chi connectivity index (χ0) is 18.5. The third-order valence-electron chi connectivity index (χ3n) is 5.59. The molecule has 2 aliphatic rings. The molecule has 2 fully saturated rings. The summed E-state index contributed by atoms with van der Waals surface area (Å²) in [7, 11) is 0. The van der Waals surface area contributed by atoms with Crippen molar-refractivity contribution in [1.29, 1.82) is 0 Å². The minimum Gasteiger partial charge on any atom is -0.416 e. The third-order valence-corrected chi connectivity index (χ3v) is 6.67. The van der Waals surface area contributed by atoms with Crippen LogP contribution in [0.15, 0.2) is 40.0 Å². The van der Waals surface area contributed by atoms with Crippen LogP contribution in [0.5, 0.6) is 0 Å². The molecule has 27 heavy (non-hydrogen) atoms. The Balaban J connectivity index is 1.52. The molecule has 1 aliphatic heterocycles. The van der Waals surface area contributed by atoms with E-state index in [4.69, 9.17) is 4.42 Å². The second-order valence-corrected chi connectivity index (χ2v) is 8.59. The number of hydrogen-bond acceptors (Lipinski definition) is 5. The van der Waals surface area contributed by atoms with Gasteiger partial charge in [-0.25, -0.2) is 0 Å². The van der Waals surface area contributed by atoms with Gasteiger partial charge in [0.2, 0.25) is 11.8 Å². The van der Waals surface area contributed by atoms with Crippen molar-refractivity contribution in [2.45, 2.75) is 67.8 Å². The average Bonchev–Trinajstić information content (AvgIpc) is 3.22. The molecule has 1 unspecified atom stereocenters. The molecule has 0 radical (unpaired) electrons. The SMILES string of the molecule is O=C(C(Sc1nnc(C2CCCCC2)o1)c1ccccc1)N1CCCCC1. The van der Waals surface area contributed by atoms with E-state index in [-0.39, 0.29) is 11.2 Å². The van der Waals surface area contributed by atoms with E-state index in [1.807, 2.05) is 35.2 Å².